The Hall–Kier alpha value is -2.50. The summed E-state index contributed by atoms with van der Waals surface area (Å²) in [5.74, 6) is 0. The third-order valence-electron chi connectivity index (χ3n) is 3.73. The Labute approximate surface area is 152 Å². The van der Waals surface area contributed by atoms with E-state index in [1.807, 2.05) is 0 Å². The molecule has 3 aromatic heterocycles. The molecular weight excluding hydrogens is 385 g/mol. The topological polar surface area (TPSA) is 108 Å². The van der Waals surface area contributed by atoms with Gasteiger partial charge >= 0.3 is 6.18 Å². The van der Waals surface area contributed by atoms with E-state index in [0.717, 1.165) is 12.3 Å². The van der Waals surface area contributed by atoms with Crippen molar-refractivity contribution in [3.8, 4) is 11.3 Å². The number of fused-ring (bicyclic) bond motifs is 1. The van der Waals surface area contributed by atoms with Crippen LogP contribution in [0.3, 0.4) is 0 Å². The molecule has 0 saturated heterocycles. The predicted molar refractivity (Wildman–Crippen MR) is 91.2 cm³/mol. The van der Waals surface area contributed by atoms with Crippen molar-refractivity contribution < 1.29 is 26.7 Å². The maximum absolute atomic E-state index is 12.9. The maximum Gasteiger partial charge on any atom is 0.431 e. The number of alkyl halides is 3. The highest BCUT2D eigenvalue weighted by Gasteiger charge is 2.33. The Morgan fingerprint density at radius 2 is 2.00 bits per heavy atom. The highest BCUT2D eigenvalue weighted by atomic mass is 32.2. The van der Waals surface area contributed by atoms with Gasteiger partial charge in [-0.05, 0) is 31.2 Å². The van der Waals surface area contributed by atoms with Crippen LogP contribution in [0.1, 0.15) is 12.6 Å². The first-order valence-corrected chi connectivity index (χ1v) is 9.25. The molecule has 3 rings (SSSR count). The van der Waals surface area contributed by atoms with Crippen LogP contribution in [0.5, 0.6) is 0 Å². The molecule has 0 aliphatic carbocycles. The fourth-order valence-corrected chi connectivity index (χ4v) is 3.48. The first kappa shape index (κ1) is 19.3. The number of aromatic amines is 1. The fraction of sp³-hybridized carbons (Fsp3) is 0.250. The van der Waals surface area contributed by atoms with E-state index in [1.54, 1.807) is 0 Å². The molecule has 0 radical (unpaired) electrons. The van der Waals surface area contributed by atoms with Gasteiger partial charge in [-0.25, -0.2) is 18.1 Å². The third kappa shape index (κ3) is 4.10. The van der Waals surface area contributed by atoms with Crippen LogP contribution in [0.4, 0.5) is 13.2 Å². The molecule has 27 heavy (non-hydrogen) atoms. The van der Waals surface area contributed by atoms with E-state index in [9.17, 15) is 26.7 Å². The molecule has 0 spiro atoms. The van der Waals surface area contributed by atoms with E-state index < -0.39 is 28.0 Å². The van der Waals surface area contributed by atoms with Crippen LogP contribution in [0, 0.1) is 0 Å². The van der Waals surface area contributed by atoms with Gasteiger partial charge in [-0.1, -0.05) is 0 Å². The zero-order valence-corrected chi connectivity index (χ0v) is 14.8. The van der Waals surface area contributed by atoms with Crippen molar-refractivity contribution in [2.45, 2.75) is 24.1 Å². The second-order valence-corrected chi connectivity index (χ2v) is 7.65. The Balaban J connectivity index is 1.97. The molecule has 3 N–H and O–H groups in total. The minimum absolute atomic E-state index is 0.0527. The fourth-order valence-electron chi connectivity index (χ4n) is 2.42. The van der Waals surface area contributed by atoms with Gasteiger partial charge in [0.05, 0.1) is 11.8 Å². The molecule has 0 fully saturated rings. The molecule has 1 unspecified atom stereocenters. The van der Waals surface area contributed by atoms with Crippen molar-refractivity contribution >= 4 is 21.1 Å². The number of rotatable bonds is 5. The van der Waals surface area contributed by atoms with Gasteiger partial charge in [-0.15, -0.1) is 0 Å². The molecule has 0 aromatic carbocycles. The molecule has 0 saturated carbocycles. The molecule has 144 valence electrons. The Bertz CT molecular complexity index is 1060. The van der Waals surface area contributed by atoms with Crippen LogP contribution in [-0.2, 0) is 16.2 Å². The second kappa shape index (κ2) is 6.91. The molecule has 3 heterocycles. The quantitative estimate of drug-likeness (QED) is 0.609. The zero-order valence-electron chi connectivity index (χ0n) is 13.9. The summed E-state index contributed by atoms with van der Waals surface area (Å²) in [7, 11) is -3.85. The number of aromatic nitrogens is 3. The molecule has 7 nitrogen and oxygen atoms in total. The lowest BCUT2D eigenvalue weighted by molar-refractivity contribution is -0.140. The molecule has 0 bridgehead atoms. The molecular formula is C16H15F3N4O3S. The number of sulfonamides is 1. The van der Waals surface area contributed by atoms with E-state index in [-0.39, 0.29) is 22.5 Å². The minimum Gasteiger partial charge on any atom is -0.392 e. The van der Waals surface area contributed by atoms with Crippen molar-refractivity contribution in [3.63, 3.8) is 0 Å². The molecule has 1 atom stereocenters. The highest BCUT2D eigenvalue weighted by Crippen LogP contribution is 2.34. The lowest BCUT2D eigenvalue weighted by Crippen LogP contribution is -2.30. The van der Waals surface area contributed by atoms with Gasteiger partial charge in [0.1, 0.15) is 16.2 Å². The predicted octanol–water partition coefficient (Wildman–Crippen LogP) is 2.30. The standard InChI is InChI=1S/C16H15F3N4O3S/c1-9(24)7-22-27(25,26)10-2-3-13(21-8-10)11-4-5-20-15-12(11)6-14(23-15)16(17,18)19/h2-6,8-9,22,24H,7H2,1H3,(H,20,23). The first-order valence-electron chi connectivity index (χ1n) is 7.77. The number of halogens is 3. The van der Waals surface area contributed by atoms with Crippen LogP contribution in [0.25, 0.3) is 22.3 Å². The number of aliphatic hydroxyl groups is 1. The van der Waals surface area contributed by atoms with Crippen molar-refractivity contribution in [1.82, 2.24) is 19.7 Å². The van der Waals surface area contributed by atoms with Gasteiger partial charge in [0, 0.05) is 29.9 Å². The van der Waals surface area contributed by atoms with Gasteiger partial charge in [0.25, 0.3) is 0 Å². The smallest absolute Gasteiger partial charge is 0.392 e. The molecule has 3 aromatic rings. The highest BCUT2D eigenvalue weighted by molar-refractivity contribution is 7.89. The summed E-state index contributed by atoms with van der Waals surface area (Å²) in [6, 6.07) is 5.12. The van der Waals surface area contributed by atoms with Crippen molar-refractivity contribution in [2.24, 2.45) is 0 Å². The van der Waals surface area contributed by atoms with Crippen LogP contribution in [0.15, 0.2) is 41.6 Å². The van der Waals surface area contributed by atoms with Gasteiger partial charge < -0.3 is 10.1 Å². The third-order valence-corrected chi connectivity index (χ3v) is 5.14. The number of hydrogen-bond donors (Lipinski definition) is 3. The summed E-state index contributed by atoms with van der Waals surface area (Å²) in [5, 5.41) is 9.41. The van der Waals surface area contributed by atoms with E-state index >= 15 is 0 Å². The van der Waals surface area contributed by atoms with E-state index in [0.29, 0.717) is 11.3 Å². The summed E-state index contributed by atoms with van der Waals surface area (Å²) in [4.78, 5) is 10.0. The van der Waals surface area contributed by atoms with Crippen LogP contribution < -0.4 is 4.72 Å². The largest absolute Gasteiger partial charge is 0.431 e. The average Bonchev–Trinajstić information content (AvgIpc) is 3.05. The maximum atomic E-state index is 12.9. The molecule has 0 aliphatic heterocycles. The Kier molecular flexibility index (Phi) is 4.93. The molecule has 0 amide bonds. The normalized spacial score (nSPS) is 13.8. The molecule has 11 heteroatoms. The number of aliphatic hydroxyl groups excluding tert-OH is 1. The zero-order chi connectivity index (χ0) is 19.8. The number of nitrogens with one attached hydrogen (secondary N) is 2. The summed E-state index contributed by atoms with van der Waals surface area (Å²) < 4.78 is 65.2. The van der Waals surface area contributed by atoms with Gasteiger partial charge in [-0.2, -0.15) is 13.2 Å². The van der Waals surface area contributed by atoms with Gasteiger partial charge in [-0.3, -0.25) is 4.98 Å². The van der Waals surface area contributed by atoms with E-state index in [2.05, 4.69) is 19.7 Å². The number of H-pyrrole nitrogens is 1. The first-order chi connectivity index (χ1) is 12.6. The van der Waals surface area contributed by atoms with E-state index in [4.69, 9.17) is 0 Å². The minimum atomic E-state index is -4.54. The lowest BCUT2D eigenvalue weighted by atomic mass is 10.1. The Morgan fingerprint density at radius 1 is 1.26 bits per heavy atom. The summed E-state index contributed by atoms with van der Waals surface area (Å²) in [6.45, 7) is 1.28. The van der Waals surface area contributed by atoms with Gasteiger partial charge in [0.15, 0.2) is 0 Å². The van der Waals surface area contributed by atoms with Crippen molar-refractivity contribution in [1.29, 1.82) is 0 Å². The molecule has 0 aliphatic rings. The summed E-state index contributed by atoms with van der Waals surface area (Å²) in [6.07, 6.45) is -2.96. The summed E-state index contributed by atoms with van der Waals surface area (Å²) >= 11 is 0. The number of nitrogens with zero attached hydrogens (tertiary/aromatic N) is 2. The van der Waals surface area contributed by atoms with E-state index in [1.165, 1.54) is 31.3 Å². The van der Waals surface area contributed by atoms with Gasteiger partial charge in [0.2, 0.25) is 10.0 Å². The van der Waals surface area contributed by atoms with Crippen LogP contribution >= 0.6 is 0 Å². The number of hydrogen-bond acceptors (Lipinski definition) is 5. The monoisotopic (exact) mass is 400 g/mol. The number of pyridine rings is 2. The Morgan fingerprint density at radius 3 is 2.59 bits per heavy atom. The van der Waals surface area contributed by atoms with Crippen molar-refractivity contribution in [3.05, 3.63) is 42.4 Å². The lowest BCUT2D eigenvalue weighted by Gasteiger charge is -2.09. The second-order valence-electron chi connectivity index (χ2n) is 5.88. The SMILES string of the molecule is CC(O)CNS(=O)(=O)c1ccc(-c2ccnc3[nH]c(C(F)(F)F)cc23)nc1. The average molecular weight is 400 g/mol. The van der Waals surface area contributed by atoms with Crippen LogP contribution in [0.2, 0.25) is 0 Å². The van der Waals surface area contributed by atoms with Crippen molar-refractivity contribution in [2.75, 3.05) is 6.54 Å². The summed E-state index contributed by atoms with van der Waals surface area (Å²) in [5.41, 5.74) is -0.201. The van der Waals surface area contributed by atoms with Crippen LogP contribution in [-0.4, -0.2) is 41.1 Å².